The zero-order chi connectivity index (χ0) is 12.0. The molecule has 1 aromatic carbocycles. The molecule has 1 aromatic rings. The molecule has 88 valence electrons. The number of hydrogen-bond acceptors (Lipinski definition) is 2. The van der Waals surface area contributed by atoms with Gasteiger partial charge in [0.25, 0.3) is 0 Å². The first-order valence-electron chi connectivity index (χ1n) is 5.73. The monoisotopic (exact) mass is 220 g/mol. The largest absolute Gasteiger partial charge is 0.399 e. The molecule has 3 N–H and O–H groups in total. The molecule has 0 aliphatic heterocycles. The Bertz CT molecular complexity index is 332. The van der Waals surface area contributed by atoms with Crippen molar-refractivity contribution in [2.75, 3.05) is 12.3 Å². The van der Waals surface area contributed by atoms with Gasteiger partial charge in [0.05, 0.1) is 6.42 Å². The fourth-order valence-electron chi connectivity index (χ4n) is 1.32. The van der Waals surface area contributed by atoms with E-state index in [1.54, 1.807) is 0 Å². The van der Waals surface area contributed by atoms with E-state index in [1.807, 2.05) is 24.3 Å². The number of nitrogen functional groups attached to an aromatic ring is 1. The SMILES string of the molecule is CCC(C)CNC(=O)Cc1ccc(N)cc1. The lowest BCUT2D eigenvalue weighted by molar-refractivity contribution is -0.120. The number of rotatable bonds is 5. The summed E-state index contributed by atoms with van der Waals surface area (Å²) in [6, 6.07) is 7.41. The van der Waals surface area contributed by atoms with Gasteiger partial charge < -0.3 is 11.1 Å². The fourth-order valence-corrected chi connectivity index (χ4v) is 1.32. The lowest BCUT2D eigenvalue weighted by Crippen LogP contribution is -2.29. The Kier molecular flexibility index (Phi) is 4.83. The topological polar surface area (TPSA) is 55.1 Å². The summed E-state index contributed by atoms with van der Waals surface area (Å²) < 4.78 is 0. The van der Waals surface area contributed by atoms with Crippen LogP contribution in [0.2, 0.25) is 0 Å². The van der Waals surface area contributed by atoms with Gasteiger partial charge in [-0.05, 0) is 23.6 Å². The van der Waals surface area contributed by atoms with Gasteiger partial charge in [0.1, 0.15) is 0 Å². The molecule has 1 atom stereocenters. The van der Waals surface area contributed by atoms with Crippen molar-refractivity contribution in [2.45, 2.75) is 26.7 Å². The quantitative estimate of drug-likeness (QED) is 0.745. The number of carbonyl (C=O) groups is 1. The van der Waals surface area contributed by atoms with Gasteiger partial charge in [0, 0.05) is 12.2 Å². The Balaban J connectivity index is 2.37. The maximum absolute atomic E-state index is 11.6. The lowest BCUT2D eigenvalue weighted by atomic mass is 10.1. The van der Waals surface area contributed by atoms with Crippen molar-refractivity contribution in [1.29, 1.82) is 0 Å². The molecule has 0 aliphatic carbocycles. The Morgan fingerprint density at radius 2 is 2.00 bits per heavy atom. The van der Waals surface area contributed by atoms with Gasteiger partial charge in [-0.1, -0.05) is 32.4 Å². The van der Waals surface area contributed by atoms with E-state index in [9.17, 15) is 4.79 Å². The van der Waals surface area contributed by atoms with Crippen LogP contribution in [0.5, 0.6) is 0 Å². The van der Waals surface area contributed by atoms with Crippen molar-refractivity contribution in [3.63, 3.8) is 0 Å². The van der Waals surface area contributed by atoms with Gasteiger partial charge in [-0.25, -0.2) is 0 Å². The summed E-state index contributed by atoms with van der Waals surface area (Å²) >= 11 is 0. The molecule has 16 heavy (non-hydrogen) atoms. The van der Waals surface area contributed by atoms with Crippen LogP contribution in [-0.4, -0.2) is 12.5 Å². The number of nitrogens with two attached hydrogens (primary N) is 1. The van der Waals surface area contributed by atoms with Crippen molar-refractivity contribution < 1.29 is 4.79 Å². The van der Waals surface area contributed by atoms with Crippen molar-refractivity contribution in [3.8, 4) is 0 Å². The van der Waals surface area contributed by atoms with Gasteiger partial charge in [0.15, 0.2) is 0 Å². The second-order valence-electron chi connectivity index (χ2n) is 4.24. The molecule has 3 nitrogen and oxygen atoms in total. The number of carbonyl (C=O) groups excluding carboxylic acids is 1. The van der Waals surface area contributed by atoms with Crippen molar-refractivity contribution in [3.05, 3.63) is 29.8 Å². The molecule has 1 amide bonds. The maximum atomic E-state index is 11.6. The Hall–Kier alpha value is -1.51. The van der Waals surface area contributed by atoms with Crippen LogP contribution < -0.4 is 11.1 Å². The first-order chi connectivity index (χ1) is 7.61. The van der Waals surface area contributed by atoms with Gasteiger partial charge in [-0.2, -0.15) is 0 Å². The molecule has 0 spiro atoms. The van der Waals surface area contributed by atoms with Crippen LogP contribution in [-0.2, 0) is 11.2 Å². The van der Waals surface area contributed by atoms with E-state index in [0.717, 1.165) is 24.2 Å². The van der Waals surface area contributed by atoms with E-state index >= 15 is 0 Å². The standard InChI is InChI=1S/C13H20N2O/c1-3-10(2)9-15-13(16)8-11-4-6-12(14)7-5-11/h4-7,10H,3,8-9,14H2,1-2H3,(H,15,16). The van der Waals surface area contributed by atoms with Crippen LogP contribution in [0.15, 0.2) is 24.3 Å². The van der Waals surface area contributed by atoms with Gasteiger partial charge >= 0.3 is 0 Å². The highest BCUT2D eigenvalue weighted by molar-refractivity contribution is 5.78. The summed E-state index contributed by atoms with van der Waals surface area (Å²) in [4.78, 5) is 11.6. The molecule has 0 bridgehead atoms. The molecule has 0 saturated heterocycles. The third-order valence-corrected chi connectivity index (χ3v) is 2.69. The molecule has 0 radical (unpaired) electrons. The molecule has 0 saturated carbocycles. The predicted octanol–water partition coefficient (Wildman–Crippen LogP) is 1.97. The van der Waals surface area contributed by atoms with E-state index in [1.165, 1.54) is 0 Å². The van der Waals surface area contributed by atoms with E-state index < -0.39 is 0 Å². The minimum Gasteiger partial charge on any atom is -0.399 e. The smallest absolute Gasteiger partial charge is 0.224 e. The molecule has 0 heterocycles. The van der Waals surface area contributed by atoms with Crippen LogP contribution in [0, 0.1) is 5.92 Å². The molecule has 3 heteroatoms. The van der Waals surface area contributed by atoms with Gasteiger partial charge in [0.2, 0.25) is 5.91 Å². The summed E-state index contributed by atoms with van der Waals surface area (Å²) in [5.41, 5.74) is 7.30. The van der Waals surface area contributed by atoms with E-state index in [4.69, 9.17) is 5.73 Å². The van der Waals surface area contributed by atoms with E-state index in [0.29, 0.717) is 12.3 Å². The number of nitrogens with one attached hydrogen (secondary N) is 1. The first-order valence-corrected chi connectivity index (χ1v) is 5.73. The van der Waals surface area contributed by atoms with Crippen molar-refractivity contribution in [2.24, 2.45) is 5.92 Å². The predicted molar refractivity (Wildman–Crippen MR) is 67.0 cm³/mol. The average Bonchev–Trinajstić information content (AvgIpc) is 2.29. The summed E-state index contributed by atoms with van der Waals surface area (Å²) in [7, 11) is 0. The molecule has 0 aliphatic rings. The first kappa shape index (κ1) is 12.6. The van der Waals surface area contributed by atoms with Crippen LogP contribution in [0.1, 0.15) is 25.8 Å². The average molecular weight is 220 g/mol. The highest BCUT2D eigenvalue weighted by atomic mass is 16.1. The normalized spacial score (nSPS) is 12.1. The molecule has 0 fully saturated rings. The highest BCUT2D eigenvalue weighted by Gasteiger charge is 2.04. The number of benzene rings is 1. The van der Waals surface area contributed by atoms with Crippen LogP contribution in [0.3, 0.4) is 0 Å². The fraction of sp³-hybridized carbons (Fsp3) is 0.462. The Labute approximate surface area is 97.0 Å². The second kappa shape index (κ2) is 6.16. The molecule has 1 rings (SSSR count). The van der Waals surface area contributed by atoms with Crippen LogP contribution in [0.25, 0.3) is 0 Å². The minimum absolute atomic E-state index is 0.0741. The van der Waals surface area contributed by atoms with E-state index in [-0.39, 0.29) is 5.91 Å². The molecular weight excluding hydrogens is 200 g/mol. The van der Waals surface area contributed by atoms with E-state index in [2.05, 4.69) is 19.2 Å². The number of amides is 1. The lowest BCUT2D eigenvalue weighted by Gasteiger charge is -2.10. The second-order valence-corrected chi connectivity index (χ2v) is 4.24. The molecule has 1 unspecified atom stereocenters. The molecular formula is C13H20N2O. The minimum atomic E-state index is 0.0741. The summed E-state index contributed by atoms with van der Waals surface area (Å²) in [5, 5.41) is 2.93. The van der Waals surface area contributed by atoms with Crippen LogP contribution >= 0.6 is 0 Å². The zero-order valence-electron chi connectivity index (χ0n) is 9.99. The van der Waals surface area contributed by atoms with Crippen molar-refractivity contribution >= 4 is 11.6 Å². The Morgan fingerprint density at radius 1 is 1.38 bits per heavy atom. The summed E-state index contributed by atoms with van der Waals surface area (Å²) in [6.45, 7) is 5.00. The summed E-state index contributed by atoms with van der Waals surface area (Å²) in [5.74, 6) is 0.612. The number of hydrogen-bond donors (Lipinski definition) is 2. The zero-order valence-corrected chi connectivity index (χ0v) is 9.99. The summed E-state index contributed by atoms with van der Waals surface area (Å²) in [6.07, 6.45) is 1.51. The van der Waals surface area contributed by atoms with Crippen molar-refractivity contribution in [1.82, 2.24) is 5.32 Å². The Morgan fingerprint density at radius 3 is 2.56 bits per heavy atom. The number of anilines is 1. The van der Waals surface area contributed by atoms with Crippen LogP contribution in [0.4, 0.5) is 5.69 Å². The molecule has 0 aromatic heterocycles. The maximum Gasteiger partial charge on any atom is 0.224 e. The van der Waals surface area contributed by atoms with Gasteiger partial charge in [-0.15, -0.1) is 0 Å². The third kappa shape index (κ3) is 4.34. The van der Waals surface area contributed by atoms with Gasteiger partial charge in [-0.3, -0.25) is 4.79 Å². The third-order valence-electron chi connectivity index (χ3n) is 2.69. The highest BCUT2D eigenvalue weighted by Crippen LogP contribution is 2.06.